The maximum Gasteiger partial charge on any atom is 0.242 e. The number of hydrogen-bond donors (Lipinski definition) is 0. The van der Waals surface area contributed by atoms with E-state index in [0.717, 1.165) is 17.1 Å². The van der Waals surface area contributed by atoms with E-state index in [9.17, 15) is 9.59 Å². The van der Waals surface area contributed by atoms with E-state index in [1.165, 1.54) is 0 Å². The van der Waals surface area contributed by atoms with Crippen LogP contribution < -0.4 is 0 Å². The van der Waals surface area contributed by atoms with Gasteiger partial charge in [0.25, 0.3) is 0 Å². The highest BCUT2D eigenvalue weighted by atomic mass is 16.3. The van der Waals surface area contributed by atoms with E-state index in [0.29, 0.717) is 19.6 Å². The minimum absolute atomic E-state index is 0.00858. The second-order valence-corrected chi connectivity index (χ2v) is 7.97. The molecule has 0 unspecified atom stereocenters. The second kappa shape index (κ2) is 9.40. The van der Waals surface area contributed by atoms with Crippen molar-refractivity contribution in [2.45, 2.75) is 40.8 Å². The maximum atomic E-state index is 13.1. The average Bonchev–Trinajstić information content (AvgIpc) is 3.05. The number of benzene rings is 1. The Bertz CT molecular complexity index is 803. The molecule has 0 N–H and O–H groups in total. The molecule has 0 saturated carbocycles. The van der Waals surface area contributed by atoms with Gasteiger partial charge in [-0.25, -0.2) is 0 Å². The fourth-order valence-corrected chi connectivity index (χ4v) is 2.91. The molecule has 0 atom stereocenters. The Hall–Kier alpha value is -2.82. The lowest BCUT2D eigenvalue weighted by molar-refractivity contribution is -0.145. The minimum Gasteiger partial charge on any atom is -0.464 e. The summed E-state index contributed by atoms with van der Waals surface area (Å²) in [5, 5.41) is 0. The molecule has 0 aliphatic heterocycles. The molecule has 150 valence electrons. The molecule has 28 heavy (non-hydrogen) atoms. The SMILES string of the molecule is C=CCN(CC(=O)N(Cc1ccccc1)Cc1ccc(C)o1)C(=O)C(C)(C)C. The van der Waals surface area contributed by atoms with Crippen molar-refractivity contribution < 1.29 is 14.0 Å². The molecule has 0 spiro atoms. The maximum absolute atomic E-state index is 13.1. The van der Waals surface area contributed by atoms with E-state index < -0.39 is 5.41 Å². The summed E-state index contributed by atoms with van der Waals surface area (Å²) in [6.07, 6.45) is 1.65. The fraction of sp³-hybridized carbons (Fsp3) is 0.391. The summed E-state index contributed by atoms with van der Waals surface area (Å²) in [5.41, 5.74) is 0.461. The van der Waals surface area contributed by atoms with Gasteiger partial charge >= 0.3 is 0 Å². The van der Waals surface area contributed by atoms with Crippen LogP contribution in [0.3, 0.4) is 0 Å². The number of carbonyl (C=O) groups is 2. The van der Waals surface area contributed by atoms with E-state index in [2.05, 4.69) is 6.58 Å². The Labute approximate surface area is 167 Å². The summed E-state index contributed by atoms with van der Waals surface area (Å²) in [6.45, 7) is 12.3. The first-order valence-corrected chi connectivity index (χ1v) is 9.48. The molecule has 2 aromatic rings. The average molecular weight is 383 g/mol. The van der Waals surface area contributed by atoms with Crippen molar-refractivity contribution in [3.8, 4) is 0 Å². The van der Waals surface area contributed by atoms with E-state index in [4.69, 9.17) is 4.42 Å². The Morgan fingerprint density at radius 2 is 1.71 bits per heavy atom. The molecule has 0 aliphatic rings. The van der Waals surface area contributed by atoms with Gasteiger partial charge in [-0.15, -0.1) is 6.58 Å². The second-order valence-electron chi connectivity index (χ2n) is 7.97. The highest BCUT2D eigenvalue weighted by molar-refractivity contribution is 5.87. The lowest BCUT2D eigenvalue weighted by atomic mass is 9.94. The van der Waals surface area contributed by atoms with Crippen LogP contribution in [0, 0.1) is 12.3 Å². The Morgan fingerprint density at radius 1 is 1.04 bits per heavy atom. The summed E-state index contributed by atoms with van der Waals surface area (Å²) >= 11 is 0. The third-order valence-corrected chi connectivity index (χ3v) is 4.32. The van der Waals surface area contributed by atoms with Gasteiger partial charge in [0, 0.05) is 18.5 Å². The quantitative estimate of drug-likeness (QED) is 0.644. The molecule has 0 fully saturated rings. The van der Waals surface area contributed by atoms with Crippen molar-refractivity contribution in [2.75, 3.05) is 13.1 Å². The standard InChI is InChI=1S/C23H30N2O3/c1-6-14-24(22(27)23(3,4)5)17-21(26)25(15-19-10-8-7-9-11-19)16-20-13-12-18(2)28-20/h6-13H,1,14-17H2,2-5H3. The Balaban J connectivity index is 2.20. The Kier molecular flexibility index (Phi) is 7.21. The Morgan fingerprint density at radius 3 is 2.25 bits per heavy atom. The molecule has 0 radical (unpaired) electrons. The summed E-state index contributed by atoms with van der Waals surface area (Å²) in [5.74, 6) is 1.32. The molecule has 1 aromatic carbocycles. The van der Waals surface area contributed by atoms with Gasteiger partial charge in [-0.05, 0) is 24.6 Å². The van der Waals surface area contributed by atoms with Crippen LogP contribution in [0.15, 0.2) is 59.5 Å². The number of nitrogens with zero attached hydrogens (tertiary/aromatic N) is 2. The molecular weight excluding hydrogens is 352 g/mol. The summed E-state index contributed by atoms with van der Waals surface area (Å²) in [6, 6.07) is 13.6. The zero-order valence-corrected chi connectivity index (χ0v) is 17.3. The van der Waals surface area contributed by atoms with E-state index >= 15 is 0 Å². The van der Waals surface area contributed by atoms with Crippen LogP contribution in [0.5, 0.6) is 0 Å². The van der Waals surface area contributed by atoms with Crippen molar-refractivity contribution in [3.63, 3.8) is 0 Å². The smallest absolute Gasteiger partial charge is 0.242 e. The highest BCUT2D eigenvalue weighted by Crippen LogP contribution is 2.19. The molecule has 1 aromatic heterocycles. The molecular formula is C23H30N2O3. The number of rotatable bonds is 8. The van der Waals surface area contributed by atoms with Gasteiger partial charge in [0.15, 0.2) is 0 Å². The molecule has 1 heterocycles. The van der Waals surface area contributed by atoms with Gasteiger partial charge in [0.1, 0.15) is 18.1 Å². The van der Waals surface area contributed by atoms with Crippen LogP contribution >= 0.6 is 0 Å². The van der Waals surface area contributed by atoms with Crippen LogP contribution in [0.2, 0.25) is 0 Å². The first kappa shape index (κ1) is 21.5. The van der Waals surface area contributed by atoms with Crippen molar-refractivity contribution in [1.29, 1.82) is 0 Å². The number of hydrogen-bond acceptors (Lipinski definition) is 3. The molecule has 0 bridgehead atoms. The number of carbonyl (C=O) groups excluding carboxylic acids is 2. The monoisotopic (exact) mass is 382 g/mol. The van der Waals surface area contributed by atoms with Gasteiger partial charge in [0.2, 0.25) is 11.8 Å². The highest BCUT2D eigenvalue weighted by Gasteiger charge is 2.29. The zero-order chi connectivity index (χ0) is 20.7. The molecule has 2 amide bonds. The summed E-state index contributed by atoms with van der Waals surface area (Å²) < 4.78 is 5.67. The molecule has 0 aliphatic carbocycles. The molecule has 5 heteroatoms. The first-order chi connectivity index (χ1) is 13.2. The number of furan rings is 1. The predicted molar refractivity (Wildman–Crippen MR) is 110 cm³/mol. The summed E-state index contributed by atoms with van der Waals surface area (Å²) in [4.78, 5) is 29.1. The fourth-order valence-electron chi connectivity index (χ4n) is 2.91. The number of aryl methyl sites for hydroxylation is 1. The molecule has 0 saturated heterocycles. The van der Waals surface area contributed by atoms with Crippen molar-refractivity contribution in [3.05, 3.63) is 72.2 Å². The predicted octanol–water partition coefficient (Wildman–Crippen LogP) is 4.18. The van der Waals surface area contributed by atoms with Crippen LogP contribution in [0.4, 0.5) is 0 Å². The molecule has 5 nitrogen and oxygen atoms in total. The summed E-state index contributed by atoms with van der Waals surface area (Å²) in [7, 11) is 0. The van der Waals surface area contributed by atoms with Gasteiger partial charge in [-0.3, -0.25) is 9.59 Å². The topological polar surface area (TPSA) is 53.8 Å². The van der Waals surface area contributed by atoms with Crippen LogP contribution in [-0.2, 0) is 22.7 Å². The van der Waals surface area contributed by atoms with E-state index in [1.807, 2.05) is 70.2 Å². The minimum atomic E-state index is -0.564. The normalized spacial score (nSPS) is 11.1. The van der Waals surface area contributed by atoms with Crippen LogP contribution in [0.1, 0.15) is 37.9 Å². The van der Waals surface area contributed by atoms with Crippen LogP contribution in [0.25, 0.3) is 0 Å². The largest absolute Gasteiger partial charge is 0.464 e. The van der Waals surface area contributed by atoms with E-state index in [-0.39, 0.29) is 18.4 Å². The zero-order valence-electron chi connectivity index (χ0n) is 17.3. The van der Waals surface area contributed by atoms with E-state index in [1.54, 1.807) is 15.9 Å². The van der Waals surface area contributed by atoms with Gasteiger partial charge in [-0.1, -0.05) is 57.2 Å². The van der Waals surface area contributed by atoms with Crippen molar-refractivity contribution in [2.24, 2.45) is 5.41 Å². The third-order valence-electron chi connectivity index (χ3n) is 4.32. The van der Waals surface area contributed by atoms with Crippen LogP contribution in [-0.4, -0.2) is 34.7 Å². The van der Waals surface area contributed by atoms with Crippen molar-refractivity contribution >= 4 is 11.8 Å². The lowest BCUT2D eigenvalue weighted by Crippen LogP contribution is -2.46. The number of amides is 2. The van der Waals surface area contributed by atoms with Gasteiger partial charge in [-0.2, -0.15) is 0 Å². The van der Waals surface area contributed by atoms with Crippen molar-refractivity contribution in [1.82, 2.24) is 9.80 Å². The third kappa shape index (κ3) is 6.12. The first-order valence-electron chi connectivity index (χ1n) is 9.48. The van der Waals surface area contributed by atoms with Gasteiger partial charge in [0.05, 0.1) is 6.54 Å². The lowest BCUT2D eigenvalue weighted by Gasteiger charge is -2.30. The van der Waals surface area contributed by atoms with Gasteiger partial charge < -0.3 is 14.2 Å². The molecule has 2 rings (SSSR count).